The van der Waals surface area contributed by atoms with Gasteiger partial charge in [-0.2, -0.15) is 5.10 Å². The molecular weight excluding hydrogens is 310 g/mol. The molecule has 0 saturated heterocycles. The quantitative estimate of drug-likeness (QED) is 0.645. The molecule has 5 heteroatoms. The van der Waals surface area contributed by atoms with E-state index in [9.17, 15) is 0 Å². The second kappa shape index (κ2) is 6.59. The first-order valence-corrected chi connectivity index (χ1v) is 8.62. The molecule has 5 nitrogen and oxygen atoms in total. The highest BCUT2D eigenvalue weighted by Gasteiger charge is 2.24. The fraction of sp³-hybridized carbons (Fsp3) is 0.300. The van der Waals surface area contributed by atoms with E-state index in [0.29, 0.717) is 18.9 Å². The molecule has 0 N–H and O–H groups in total. The number of pyridine rings is 2. The average Bonchev–Trinajstić information content (AvgIpc) is 3.39. The minimum absolute atomic E-state index is 0.644. The fourth-order valence-corrected chi connectivity index (χ4v) is 2.94. The van der Waals surface area contributed by atoms with Crippen molar-refractivity contribution < 1.29 is 0 Å². The Morgan fingerprint density at radius 2 is 2.16 bits per heavy atom. The zero-order valence-electron chi connectivity index (χ0n) is 14.4. The van der Waals surface area contributed by atoms with E-state index in [0.717, 1.165) is 28.5 Å². The average molecular weight is 331 g/mol. The zero-order chi connectivity index (χ0) is 17.2. The van der Waals surface area contributed by atoms with E-state index in [-0.39, 0.29) is 0 Å². The van der Waals surface area contributed by atoms with Crippen molar-refractivity contribution in [1.29, 1.82) is 0 Å². The number of rotatable bonds is 6. The third-order valence-electron chi connectivity index (χ3n) is 4.28. The van der Waals surface area contributed by atoms with E-state index in [1.165, 1.54) is 18.4 Å². The highest BCUT2D eigenvalue weighted by molar-refractivity contribution is 5.51. The SMILES string of the molecule is C=C(C)Cn1nc(Cc2cccnc2)nc1-c1cc(C2CC2)ccn1. The molecule has 1 saturated carbocycles. The predicted octanol–water partition coefficient (Wildman–Crippen LogP) is 3.78. The van der Waals surface area contributed by atoms with Gasteiger partial charge in [0, 0.05) is 25.0 Å². The van der Waals surface area contributed by atoms with Gasteiger partial charge >= 0.3 is 0 Å². The first-order chi connectivity index (χ1) is 12.2. The summed E-state index contributed by atoms with van der Waals surface area (Å²) in [4.78, 5) is 13.5. The first kappa shape index (κ1) is 15.7. The standard InChI is InChI=1S/C20H21N5/c1-14(2)13-25-20(18-11-17(7-9-22-18)16-5-6-16)23-19(24-25)10-15-4-3-8-21-12-15/h3-4,7-9,11-12,16H,1,5-6,10,13H2,2H3. The van der Waals surface area contributed by atoms with Crippen molar-refractivity contribution in [2.24, 2.45) is 0 Å². The topological polar surface area (TPSA) is 56.5 Å². The van der Waals surface area contributed by atoms with Crippen LogP contribution in [-0.2, 0) is 13.0 Å². The van der Waals surface area contributed by atoms with Crippen LogP contribution in [0.3, 0.4) is 0 Å². The van der Waals surface area contributed by atoms with Crippen molar-refractivity contribution in [1.82, 2.24) is 24.7 Å². The highest BCUT2D eigenvalue weighted by Crippen LogP contribution is 2.40. The monoisotopic (exact) mass is 331 g/mol. The van der Waals surface area contributed by atoms with Gasteiger partial charge in [-0.3, -0.25) is 9.97 Å². The van der Waals surface area contributed by atoms with Gasteiger partial charge < -0.3 is 0 Å². The maximum atomic E-state index is 4.77. The molecule has 3 heterocycles. The van der Waals surface area contributed by atoms with Crippen molar-refractivity contribution in [2.45, 2.75) is 38.6 Å². The molecule has 3 aromatic rings. The maximum absolute atomic E-state index is 4.77. The Morgan fingerprint density at radius 3 is 2.88 bits per heavy atom. The number of allylic oxidation sites excluding steroid dienone is 1. The number of hydrogen-bond donors (Lipinski definition) is 0. The summed E-state index contributed by atoms with van der Waals surface area (Å²) >= 11 is 0. The van der Waals surface area contributed by atoms with Crippen LogP contribution in [0.2, 0.25) is 0 Å². The van der Waals surface area contributed by atoms with Gasteiger partial charge in [-0.05, 0) is 55.0 Å². The summed E-state index contributed by atoms with van der Waals surface area (Å²) in [5.74, 6) is 2.28. The molecule has 126 valence electrons. The molecule has 1 aliphatic rings. The van der Waals surface area contributed by atoms with Gasteiger partial charge in [0.1, 0.15) is 5.69 Å². The Bertz CT molecular complexity index is 893. The van der Waals surface area contributed by atoms with Gasteiger partial charge in [0.25, 0.3) is 0 Å². The summed E-state index contributed by atoms with van der Waals surface area (Å²) in [5, 5.41) is 4.69. The molecular formula is C20H21N5. The summed E-state index contributed by atoms with van der Waals surface area (Å²) < 4.78 is 1.91. The van der Waals surface area contributed by atoms with Crippen LogP contribution >= 0.6 is 0 Å². The van der Waals surface area contributed by atoms with Gasteiger partial charge in [-0.25, -0.2) is 9.67 Å². The first-order valence-electron chi connectivity index (χ1n) is 8.62. The second-order valence-corrected chi connectivity index (χ2v) is 6.75. The van der Waals surface area contributed by atoms with Crippen LogP contribution in [0.4, 0.5) is 0 Å². The van der Waals surface area contributed by atoms with Crippen LogP contribution < -0.4 is 0 Å². The van der Waals surface area contributed by atoms with Crippen molar-refractivity contribution >= 4 is 0 Å². The Hall–Kier alpha value is -2.82. The molecule has 0 bridgehead atoms. The van der Waals surface area contributed by atoms with Crippen LogP contribution in [0.1, 0.15) is 42.6 Å². The molecule has 25 heavy (non-hydrogen) atoms. The lowest BCUT2D eigenvalue weighted by atomic mass is 10.1. The lowest BCUT2D eigenvalue weighted by molar-refractivity contribution is 0.673. The minimum Gasteiger partial charge on any atom is -0.264 e. The Labute approximate surface area is 147 Å². The number of nitrogens with zero attached hydrogens (tertiary/aromatic N) is 5. The molecule has 1 fully saturated rings. The molecule has 0 spiro atoms. The van der Waals surface area contributed by atoms with E-state index < -0.39 is 0 Å². The van der Waals surface area contributed by atoms with Gasteiger partial charge in [-0.1, -0.05) is 18.2 Å². The van der Waals surface area contributed by atoms with Crippen LogP contribution in [-0.4, -0.2) is 24.7 Å². The number of aromatic nitrogens is 5. The van der Waals surface area contributed by atoms with E-state index >= 15 is 0 Å². The lowest BCUT2D eigenvalue weighted by Gasteiger charge is -2.06. The fourth-order valence-electron chi connectivity index (χ4n) is 2.94. The third kappa shape index (κ3) is 3.65. The van der Waals surface area contributed by atoms with Crippen LogP contribution in [0, 0.1) is 0 Å². The molecule has 4 rings (SSSR count). The molecule has 1 aliphatic carbocycles. The van der Waals surface area contributed by atoms with Crippen molar-refractivity contribution in [3.63, 3.8) is 0 Å². The van der Waals surface area contributed by atoms with Crippen molar-refractivity contribution in [3.05, 3.63) is 72.0 Å². The summed E-state index contributed by atoms with van der Waals surface area (Å²) in [5.41, 5.74) is 4.37. The summed E-state index contributed by atoms with van der Waals surface area (Å²) in [6, 6.07) is 8.24. The third-order valence-corrected chi connectivity index (χ3v) is 4.28. The van der Waals surface area contributed by atoms with Crippen LogP contribution in [0.15, 0.2) is 55.0 Å². The number of hydrogen-bond acceptors (Lipinski definition) is 4. The molecule has 0 unspecified atom stereocenters. The van der Waals surface area contributed by atoms with Gasteiger partial charge in [-0.15, -0.1) is 0 Å². The predicted molar refractivity (Wildman–Crippen MR) is 97.1 cm³/mol. The Balaban J connectivity index is 1.69. The summed E-state index contributed by atoms with van der Waals surface area (Å²) in [6.07, 6.45) is 8.71. The van der Waals surface area contributed by atoms with E-state index in [2.05, 4.69) is 33.8 Å². The zero-order valence-corrected chi connectivity index (χ0v) is 14.4. The molecule has 3 aromatic heterocycles. The largest absolute Gasteiger partial charge is 0.264 e. The maximum Gasteiger partial charge on any atom is 0.177 e. The van der Waals surface area contributed by atoms with E-state index in [1.807, 2.05) is 36.1 Å². The normalized spacial score (nSPS) is 13.8. The smallest absolute Gasteiger partial charge is 0.177 e. The van der Waals surface area contributed by atoms with Gasteiger partial charge in [0.05, 0.1) is 6.54 Å². The van der Waals surface area contributed by atoms with Crippen LogP contribution in [0.25, 0.3) is 11.5 Å². The second-order valence-electron chi connectivity index (χ2n) is 6.75. The Morgan fingerprint density at radius 1 is 1.28 bits per heavy atom. The minimum atomic E-state index is 0.644. The molecule has 0 aliphatic heterocycles. The Kier molecular flexibility index (Phi) is 4.14. The van der Waals surface area contributed by atoms with Crippen molar-refractivity contribution in [3.8, 4) is 11.5 Å². The molecule has 0 amide bonds. The van der Waals surface area contributed by atoms with Crippen molar-refractivity contribution in [2.75, 3.05) is 0 Å². The van der Waals surface area contributed by atoms with Gasteiger partial charge in [0.15, 0.2) is 11.6 Å². The van der Waals surface area contributed by atoms with E-state index in [4.69, 9.17) is 4.98 Å². The molecule has 0 aromatic carbocycles. The lowest BCUT2D eigenvalue weighted by Crippen LogP contribution is -2.05. The summed E-state index contributed by atoms with van der Waals surface area (Å²) in [6.45, 7) is 6.66. The molecule has 0 atom stereocenters. The van der Waals surface area contributed by atoms with Crippen LogP contribution in [0.5, 0.6) is 0 Å². The summed E-state index contributed by atoms with van der Waals surface area (Å²) in [7, 11) is 0. The highest BCUT2D eigenvalue weighted by atomic mass is 15.3. The molecule has 0 radical (unpaired) electrons. The van der Waals surface area contributed by atoms with Gasteiger partial charge in [0.2, 0.25) is 0 Å². The van der Waals surface area contributed by atoms with E-state index in [1.54, 1.807) is 6.20 Å².